The summed E-state index contributed by atoms with van der Waals surface area (Å²) in [6.07, 6.45) is 1.62. The lowest BCUT2D eigenvalue weighted by Gasteiger charge is -2.25. The third kappa shape index (κ3) is 2.32. The Morgan fingerprint density at radius 1 is 1.31 bits per heavy atom. The molecule has 7 nitrogen and oxygen atoms in total. The Hall–Kier alpha value is -3.63. The molecule has 128 valence electrons. The van der Waals surface area contributed by atoms with Gasteiger partial charge < -0.3 is 20.0 Å². The summed E-state index contributed by atoms with van der Waals surface area (Å²) in [4.78, 5) is 16.7. The fourth-order valence-corrected chi connectivity index (χ4v) is 3.14. The molecule has 0 saturated carbocycles. The Labute approximate surface area is 147 Å². The number of fused-ring (bicyclic) bond motifs is 2. The third-order valence-corrected chi connectivity index (χ3v) is 4.28. The molecule has 2 aromatic heterocycles. The number of nitrogens with zero attached hydrogens (tertiary/aromatic N) is 2. The van der Waals surface area contributed by atoms with Crippen molar-refractivity contribution in [3.05, 3.63) is 81.4 Å². The van der Waals surface area contributed by atoms with Crippen LogP contribution in [-0.4, -0.2) is 10.1 Å². The number of allylic oxidation sites excluding steroid dienone is 1. The Kier molecular flexibility index (Phi) is 3.68. The molecule has 3 aromatic rings. The smallest absolute Gasteiger partial charge is 0.228 e. The Morgan fingerprint density at radius 2 is 2.12 bits per heavy atom. The van der Waals surface area contributed by atoms with Crippen molar-refractivity contribution in [3.8, 4) is 11.8 Å². The lowest BCUT2D eigenvalue weighted by Crippen LogP contribution is -2.25. The van der Waals surface area contributed by atoms with Crippen LogP contribution in [0.2, 0.25) is 0 Å². The average Bonchev–Trinajstić information content (AvgIpc) is 2.67. The number of ether oxygens (including phenoxy) is 1. The molecule has 1 aliphatic rings. The highest BCUT2D eigenvalue weighted by molar-refractivity contribution is 5.84. The van der Waals surface area contributed by atoms with Crippen molar-refractivity contribution in [2.24, 2.45) is 5.73 Å². The molecule has 0 saturated heterocycles. The van der Waals surface area contributed by atoms with E-state index in [2.05, 4.69) is 4.98 Å². The van der Waals surface area contributed by atoms with Crippen LogP contribution in [0.15, 0.2) is 63.3 Å². The van der Waals surface area contributed by atoms with Crippen molar-refractivity contribution in [3.63, 3.8) is 0 Å². The summed E-state index contributed by atoms with van der Waals surface area (Å²) < 4.78 is 11.1. The van der Waals surface area contributed by atoms with E-state index in [0.717, 1.165) is 17.0 Å². The van der Waals surface area contributed by atoms with Gasteiger partial charge in [-0.2, -0.15) is 5.26 Å². The molecule has 0 spiro atoms. The molecule has 0 fully saturated rings. The number of rotatable bonds is 2. The van der Waals surface area contributed by atoms with Gasteiger partial charge in [-0.3, -0.25) is 9.78 Å². The van der Waals surface area contributed by atoms with Gasteiger partial charge in [-0.15, -0.1) is 0 Å². The monoisotopic (exact) mass is 347 g/mol. The largest absolute Gasteiger partial charge is 0.458 e. The lowest BCUT2D eigenvalue weighted by atomic mass is 9.85. The summed E-state index contributed by atoms with van der Waals surface area (Å²) in [5.41, 5.74) is 7.00. The van der Waals surface area contributed by atoms with E-state index in [1.54, 1.807) is 12.3 Å². The van der Waals surface area contributed by atoms with Crippen LogP contribution in [0.4, 0.5) is 0 Å². The van der Waals surface area contributed by atoms with Gasteiger partial charge in [0.1, 0.15) is 24.0 Å². The standard InChI is InChI=1S/C19H13N3O4/c20-8-13-16(12-5-6-22-14-4-2-1-3-11(12)14)18-17(26-19(13)21)15(24)7-10(9-23)25-18/h1-7,16,23H,9,21H2/t16-/m0/s1. The second-order valence-electron chi connectivity index (χ2n) is 5.77. The molecule has 1 atom stereocenters. The molecule has 0 bridgehead atoms. The molecule has 4 rings (SSSR count). The Morgan fingerprint density at radius 3 is 2.88 bits per heavy atom. The highest BCUT2D eigenvalue weighted by Crippen LogP contribution is 2.42. The van der Waals surface area contributed by atoms with Crippen LogP contribution in [0.3, 0.4) is 0 Å². The predicted molar refractivity (Wildman–Crippen MR) is 91.9 cm³/mol. The van der Waals surface area contributed by atoms with E-state index in [9.17, 15) is 15.2 Å². The number of nitriles is 1. The van der Waals surface area contributed by atoms with Crippen LogP contribution >= 0.6 is 0 Å². The van der Waals surface area contributed by atoms with Crippen molar-refractivity contribution in [1.29, 1.82) is 5.26 Å². The number of aromatic nitrogens is 1. The molecule has 3 N–H and O–H groups in total. The van der Waals surface area contributed by atoms with Gasteiger partial charge in [0, 0.05) is 17.6 Å². The van der Waals surface area contributed by atoms with Crippen molar-refractivity contribution in [2.75, 3.05) is 0 Å². The molecule has 26 heavy (non-hydrogen) atoms. The van der Waals surface area contributed by atoms with Crippen LogP contribution in [0.1, 0.15) is 23.0 Å². The minimum absolute atomic E-state index is 0.0791. The number of para-hydroxylation sites is 1. The van der Waals surface area contributed by atoms with E-state index in [0.29, 0.717) is 5.56 Å². The highest BCUT2D eigenvalue weighted by atomic mass is 16.5. The molecule has 0 amide bonds. The zero-order valence-corrected chi connectivity index (χ0v) is 13.5. The van der Waals surface area contributed by atoms with Crippen LogP contribution in [0, 0.1) is 11.3 Å². The maximum atomic E-state index is 12.4. The molecule has 0 aliphatic carbocycles. The van der Waals surface area contributed by atoms with Gasteiger partial charge in [0.05, 0.1) is 11.4 Å². The van der Waals surface area contributed by atoms with E-state index in [4.69, 9.17) is 14.9 Å². The lowest BCUT2D eigenvalue weighted by molar-refractivity contribution is 0.231. The zero-order chi connectivity index (χ0) is 18.3. The van der Waals surface area contributed by atoms with Crippen LogP contribution in [0.5, 0.6) is 5.75 Å². The van der Waals surface area contributed by atoms with Gasteiger partial charge in [-0.05, 0) is 17.7 Å². The quantitative estimate of drug-likeness (QED) is 0.726. The molecule has 1 aliphatic heterocycles. The minimum atomic E-state index is -0.740. The molecule has 0 unspecified atom stereocenters. The molecule has 7 heteroatoms. The van der Waals surface area contributed by atoms with Gasteiger partial charge in [0.25, 0.3) is 0 Å². The minimum Gasteiger partial charge on any atom is -0.458 e. The predicted octanol–water partition coefficient (Wildman–Crippen LogP) is 1.90. The fraction of sp³-hybridized carbons (Fsp3) is 0.105. The van der Waals surface area contributed by atoms with Crippen LogP contribution in [0.25, 0.3) is 10.9 Å². The SMILES string of the molecule is N#CC1=C(N)Oc2c(oc(CO)cc2=O)[C@H]1c1ccnc2ccccc12. The zero-order valence-electron chi connectivity index (χ0n) is 13.5. The maximum Gasteiger partial charge on any atom is 0.228 e. The first-order valence-corrected chi connectivity index (χ1v) is 7.83. The maximum absolute atomic E-state index is 12.4. The summed E-state index contributed by atoms with van der Waals surface area (Å²) in [5, 5.41) is 19.8. The van der Waals surface area contributed by atoms with E-state index < -0.39 is 18.0 Å². The number of pyridine rings is 1. The van der Waals surface area contributed by atoms with Crippen molar-refractivity contribution in [1.82, 2.24) is 4.98 Å². The second kappa shape index (κ2) is 6.02. The summed E-state index contributed by atoms with van der Waals surface area (Å²) in [7, 11) is 0. The van der Waals surface area contributed by atoms with Gasteiger partial charge in [0.15, 0.2) is 5.76 Å². The molecular weight excluding hydrogens is 334 g/mol. The van der Waals surface area contributed by atoms with Crippen molar-refractivity contribution >= 4 is 10.9 Å². The van der Waals surface area contributed by atoms with Crippen molar-refractivity contribution < 1.29 is 14.3 Å². The Balaban J connectivity index is 2.08. The van der Waals surface area contributed by atoms with E-state index >= 15 is 0 Å². The first kappa shape index (κ1) is 15.9. The van der Waals surface area contributed by atoms with E-state index in [1.165, 1.54) is 0 Å². The number of aliphatic hydroxyl groups excluding tert-OH is 1. The highest BCUT2D eigenvalue weighted by Gasteiger charge is 2.36. The van der Waals surface area contributed by atoms with E-state index in [1.807, 2.05) is 30.3 Å². The average molecular weight is 347 g/mol. The third-order valence-electron chi connectivity index (χ3n) is 4.28. The molecular formula is C19H13N3O4. The number of hydrogen-bond donors (Lipinski definition) is 2. The number of benzene rings is 1. The fourth-order valence-electron chi connectivity index (χ4n) is 3.14. The second-order valence-corrected chi connectivity index (χ2v) is 5.77. The first-order chi connectivity index (χ1) is 12.6. The summed E-state index contributed by atoms with van der Waals surface area (Å²) in [6.45, 7) is -0.451. The first-order valence-electron chi connectivity index (χ1n) is 7.83. The van der Waals surface area contributed by atoms with Gasteiger partial charge in [-0.1, -0.05) is 18.2 Å². The van der Waals surface area contributed by atoms with E-state index in [-0.39, 0.29) is 28.7 Å². The molecule has 0 radical (unpaired) electrons. The van der Waals surface area contributed by atoms with Crippen LogP contribution in [-0.2, 0) is 6.61 Å². The molecule has 3 heterocycles. The topological polar surface area (TPSA) is 122 Å². The van der Waals surface area contributed by atoms with Gasteiger partial charge >= 0.3 is 0 Å². The number of hydrogen-bond acceptors (Lipinski definition) is 7. The number of nitrogens with two attached hydrogens (primary N) is 1. The van der Waals surface area contributed by atoms with Gasteiger partial charge in [-0.25, -0.2) is 0 Å². The summed E-state index contributed by atoms with van der Waals surface area (Å²) >= 11 is 0. The van der Waals surface area contributed by atoms with Crippen LogP contribution < -0.4 is 15.9 Å². The summed E-state index contributed by atoms with van der Waals surface area (Å²) in [6, 6.07) is 12.4. The number of aliphatic hydroxyl groups is 1. The van der Waals surface area contributed by atoms with Crippen molar-refractivity contribution in [2.45, 2.75) is 12.5 Å². The summed E-state index contributed by atoms with van der Waals surface area (Å²) in [5.74, 6) is -0.738. The van der Waals surface area contributed by atoms with Gasteiger partial charge in [0.2, 0.25) is 17.1 Å². The molecule has 1 aromatic carbocycles. The normalized spacial score (nSPS) is 16.1. The Bertz CT molecular complexity index is 1150.